The summed E-state index contributed by atoms with van der Waals surface area (Å²) in [6, 6.07) is 15.1. The zero-order chi connectivity index (χ0) is 27.6. The Morgan fingerprint density at radius 1 is 1.13 bits per heavy atom. The number of carbonyl (C=O) groups is 2. The second kappa shape index (κ2) is 10.1. The molecular formula is C27H21F3N6O2. The number of nitrogens with one attached hydrogen (secondary N) is 2. The number of hydrogen-bond acceptors (Lipinski definition) is 5. The van der Waals surface area contributed by atoms with Crippen molar-refractivity contribution in [2.24, 2.45) is 7.05 Å². The third-order valence-corrected chi connectivity index (χ3v) is 5.86. The van der Waals surface area contributed by atoms with Crippen molar-refractivity contribution in [1.29, 1.82) is 5.26 Å². The van der Waals surface area contributed by atoms with Crippen LogP contribution in [0.1, 0.15) is 15.9 Å². The molecule has 4 aromatic rings. The molecule has 0 radical (unpaired) electrons. The minimum absolute atomic E-state index is 0.0471. The van der Waals surface area contributed by atoms with E-state index >= 15 is 0 Å². The van der Waals surface area contributed by atoms with Crippen molar-refractivity contribution in [3.63, 3.8) is 0 Å². The van der Waals surface area contributed by atoms with Gasteiger partial charge >= 0.3 is 6.18 Å². The van der Waals surface area contributed by atoms with E-state index in [2.05, 4.69) is 22.9 Å². The lowest BCUT2D eigenvalue weighted by molar-refractivity contribution is -0.123. The molecule has 0 saturated carbocycles. The Labute approximate surface area is 215 Å². The third kappa shape index (κ3) is 5.05. The summed E-state index contributed by atoms with van der Waals surface area (Å²) >= 11 is 0. The highest BCUT2D eigenvalue weighted by atomic mass is 19.4. The number of amides is 2. The van der Waals surface area contributed by atoms with Crippen molar-refractivity contribution in [3.8, 4) is 28.5 Å². The number of nitrogens with zero attached hydrogens (tertiary/aromatic N) is 3. The number of nitrogens with two attached hydrogens (primary N) is 1. The van der Waals surface area contributed by atoms with Gasteiger partial charge < -0.3 is 20.9 Å². The molecule has 11 heteroatoms. The molecule has 0 aliphatic heterocycles. The van der Waals surface area contributed by atoms with E-state index in [1.807, 2.05) is 9.88 Å². The van der Waals surface area contributed by atoms with Crippen LogP contribution in [0.3, 0.4) is 0 Å². The lowest BCUT2D eigenvalue weighted by atomic mass is 9.97. The number of fused-ring (bicyclic) bond motifs is 1. The molecule has 2 amide bonds. The molecule has 8 nitrogen and oxygen atoms in total. The van der Waals surface area contributed by atoms with E-state index in [1.54, 1.807) is 43.4 Å². The number of carbonyl (C=O) groups excluding carboxylic acids is 2. The maximum Gasteiger partial charge on any atom is 0.405 e. The minimum Gasteiger partial charge on any atom is -0.383 e. The Morgan fingerprint density at radius 2 is 1.76 bits per heavy atom. The first-order chi connectivity index (χ1) is 18.0. The molecule has 0 atom stereocenters. The van der Waals surface area contributed by atoms with Crippen molar-refractivity contribution in [3.05, 3.63) is 78.5 Å². The number of rotatable bonds is 6. The van der Waals surface area contributed by atoms with Crippen LogP contribution in [-0.2, 0) is 11.8 Å². The highest BCUT2D eigenvalue weighted by molar-refractivity contribution is 6.11. The zero-order valence-electron chi connectivity index (χ0n) is 20.1. The van der Waals surface area contributed by atoms with Crippen LogP contribution >= 0.6 is 0 Å². The average molecular weight is 518 g/mol. The molecule has 2 heterocycles. The first-order valence-electron chi connectivity index (χ1n) is 11.2. The van der Waals surface area contributed by atoms with Crippen LogP contribution in [-0.4, -0.2) is 34.1 Å². The van der Waals surface area contributed by atoms with Crippen molar-refractivity contribution in [2.75, 3.05) is 17.6 Å². The molecule has 2 aromatic carbocycles. The number of benzene rings is 2. The van der Waals surface area contributed by atoms with Crippen LogP contribution in [0.15, 0.2) is 67.4 Å². The molecule has 2 aromatic heterocycles. The fourth-order valence-corrected chi connectivity index (χ4v) is 4.18. The van der Waals surface area contributed by atoms with Crippen molar-refractivity contribution in [1.82, 2.24) is 14.9 Å². The van der Waals surface area contributed by atoms with Gasteiger partial charge in [-0.25, -0.2) is 4.98 Å². The average Bonchev–Trinajstić information content (AvgIpc) is 3.21. The Hall–Kier alpha value is -5.11. The number of hydrogen-bond donors (Lipinski definition) is 3. The predicted octanol–water partition coefficient (Wildman–Crippen LogP) is 4.78. The zero-order valence-corrected chi connectivity index (χ0v) is 20.1. The van der Waals surface area contributed by atoms with Gasteiger partial charge in [-0.2, -0.15) is 18.4 Å². The molecular weight excluding hydrogens is 497 g/mol. The monoisotopic (exact) mass is 518 g/mol. The standard InChI is InChI=1S/C27H21F3N6O2/c1-3-20(37)35-19-10-8-16(9-11-19)23-21(22-24(36(23)2)18(12-31)13-33-25(22)32)15-4-6-17(7-5-15)26(38)34-14-27(28,29)30/h3-11,13H,1,14H2,2H3,(H2,32,33)(H,34,38)(H,35,37). The van der Waals surface area contributed by atoms with Crippen LogP contribution in [0.25, 0.3) is 33.3 Å². The van der Waals surface area contributed by atoms with Gasteiger partial charge in [-0.3, -0.25) is 9.59 Å². The van der Waals surface area contributed by atoms with E-state index in [0.29, 0.717) is 39.0 Å². The number of aromatic nitrogens is 2. The van der Waals surface area contributed by atoms with Gasteiger partial charge in [-0.1, -0.05) is 30.8 Å². The summed E-state index contributed by atoms with van der Waals surface area (Å²) in [5.41, 5.74) is 10.3. The number of nitrogen functional groups attached to an aromatic ring is 1. The highest BCUT2D eigenvalue weighted by Gasteiger charge is 2.28. The molecule has 192 valence electrons. The van der Waals surface area contributed by atoms with E-state index in [-0.39, 0.29) is 17.3 Å². The summed E-state index contributed by atoms with van der Waals surface area (Å²) in [5, 5.41) is 14.8. The first-order valence-corrected chi connectivity index (χ1v) is 11.2. The number of aryl methyl sites for hydroxylation is 1. The fraction of sp³-hybridized carbons (Fsp3) is 0.111. The molecule has 0 aliphatic carbocycles. The predicted molar refractivity (Wildman–Crippen MR) is 138 cm³/mol. The Kier molecular flexibility index (Phi) is 6.90. The Morgan fingerprint density at radius 3 is 2.34 bits per heavy atom. The molecule has 38 heavy (non-hydrogen) atoms. The normalized spacial score (nSPS) is 11.1. The number of nitriles is 1. The molecule has 0 aliphatic rings. The lowest BCUT2D eigenvalue weighted by Gasteiger charge is -2.11. The summed E-state index contributed by atoms with van der Waals surface area (Å²) in [6.07, 6.45) is -1.99. The smallest absolute Gasteiger partial charge is 0.383 e. The molecule has 0 unspecified atom stereocenters. The maximum absolute atomic E-state index is 12.5. The topological polar surface area (TPSA) is 126 Å². The van der Waals surface area contributed by atoms with Crippen molar-refractivity contribution in [2.45, 2.75) is 6.18 Å². The van der Waals surface area contributed by atoms with Crippen LogP contribution < -0.4 is 16.4 Å². The highest BCUT2D eigenvalue weighted by Crippen LogP contribution is 2.43. The number of anilines is 2. The summed E-state index contributed by atoms with van der Waals surface area (Å²) in [4.78, 5) is 28.0. The molecule has 4 rings (SSSR count). The maximum atomic E-state index is 12.5. The SMILES string of the molecule is C=CC(=O)Nc1ccc(-c2c(-c3ccc(C(=O)NCC(F)(F)F)cc3)c3c(N)ncc(C#N)c3n2C)cc1. The molecule has 0 fully saturated rings. The van der Waals surface area contributed by atoms with Gasteiger partial charge in [0.05, 0.1) is 22.2 Å². The van der Waals surface area contributed by atoms with Crippen LogP contribution in [0, 0.1) is 11.3 Å². The summed E-state index contributed by atoms with van der Waals surface area (Å²) in [5.74, 6) is -1.05. The number of halogens is 3. The van der Waals surface area contributed by atoms with Crippen LogP contribution in [0.2, 0.25) is 0 Å². The van der Waals surface area contributed by atoms with Gasteiger partial charge in [0.2, 0.25) is 5.91 Å². The largest absolute Gasteiger partial charge is 0.405 e. The van der Waals surface area contributed by atoms with Crippen molar-refractivity contribution < 1.29 is 22.8 Å². The summed E-state index contributed by atoms with van der Waals surface area (Å²) < 4.78 is 39.3. The van der Waals surface area contributed by atoms with Gasteiger partial charge in [0, 0.05) is 30.1 Å². The van der Waals surface area contributed by atoms with E-state index in [9.17, 15) is 28.0 Å². The molecule has 0 saturated heterocycles. The first kappa shape index (κ1) is 26.0. The van der Waals surface area contributed by atoms with Gasteiger partial charge in [0.1, 0.15) is 18.4 Å². The fourth-order valence-electron chi connectivity index (χ4n) is 4.18. The quantitative estimate of drug-likeness (QED) is 0.317. The second-order valence-electron chi connectivity index (χ2n) is 8.32. The molecule has 4 N–H and O–H groups in total. The van der Waals surface area contributed by atoms with Gasteiger partial charge in [-0.05, 0) is 41.5 Å². The van der Waals surface area contributed by atoms with Gasteiger partial charge in [-0.15, -0.1) is 0 Å². The van der Waals surface area contributed by atoms with Crippen LogP contribution in [0.5, 0.6) is 0 Å². The summed E-state index contributed by atoms with van der Waals surface area (Å²) in [7, 11) is 1.77. The van der Waals surface area contributed by atoms with Crippen molar-refractivity contribution >= 4 is 34.2 Å². The lowest BCUT2D eigenvalue weighted by Crippen LogP contribution is -2.33. The third-order valence-electron chi connectivity index (χ3n) is 5.86. The Bertz CT molecular complexity index is 1600. The van der Waals surface area contributed by atoms with E-state index in [0.717, 1.165) is 11.6 Å². The molecule has 0 spiro atoms. The molecule has 0 bridgehead atoms. The van der Waals surface area contributed by atoms with E-state index < -0.39 is 18.6 Å². The second-order valence-corrected chi connectivity index (χ2v) is 8.32. The summed E-state index contributed by atoms with van der Waals surface area (Å²) in [6.45, 7) is 1.99. The van der Waals surface area contributed by atoms with Crippen LogP contribution in [0.4, 0.5) is 24.7 Å². The number of pyridine rings is 1. The number of alkyl halides is 3. The van der Waals surface area contributed by atoms with E-state index in [4.69, 9.17) is 5.73 Å². The van der Waals surface area contributed by atoms with Gasteiger partial charge in [0.15, 0.2) is 0 Å². The van der Waals surface area contributed by atoms with E-state index in [1.165, 1.54) is 18.3 Å². The minimum atomic E-state index is -4.53. The Balaban J connectivity index is 1.86. The van der Waals surface area contributed by atoms with Gasteiger partial charge in [0.25, 0.3) is 5.91 Å².